The molecule has 2 rings (SSSR count). The summed E-state index contributed by atoms with van der Waals surface area (Å²) in [5.41, 5.74) is 5.60. The summed E-state index contributed by atoms with van der Waals surface area (Å²) in [5, 5.41) is 0. The summed E-state index contributed by atoms with van der Waals surface area (Å²) >= 11 is 0. The molecule has 1 aromatic carbocycles. The molecule has 1 fully saturated rings. The standard InChI is InChI=1S/C19H24O3/c1-6-7-22-19-13(4)11(2)18(12(3)14(19)5)15-8-16(20)10-17(21)9-15/h6,15H,1,7-10H2,2-5H3. The lowest BCUT2D eigenvalue weighted by atomic mass is 9.77. The summed E-state index contributed by atoms with van der Waals surface area (Å²) < 4.78 is 5.81. The fourth-order valence-electron chi connectivity index (χ4n) is 3.47. The number of benzene rings is 1. The van der Waals surface area contributed by atoms with Gasteiger partial charge in [-0.3, -0.25) is 9.59 Å². The van der Waals surface area contributed by atoms with E-state index in [2.05, 4.69) is 20.4 Å². The minimum absolute atomic E-state index is 0.0135. The third kappa shape index (κ3) is 2.99. The predicted octanol–water partition coefficient (Wildman–Crippen LogP) is 3.89. The third-order valence-corrected chi connectivity index (χ3v) is 4.71. The van der Waals surface area contributed by atoms with Crippen LogP contribution in [0.5, 0.6) is 5.75 Å². The van der Waals surface area contributed by atoms with Crippen LogP contribution in [0.25, 0.3) is 0 Å². The van der Waals surface area contributed by atoms with E-state index in [0.717, 1.165) is 33.6 Å². The third-order valence-electron chi connectivity index (χ3n) is 4.71. The van der Waals surface area contributed by atoms with Crippen LogP contribution in [0.2, 0.25) is 0 Å². The molecule has 0 unspecified atom stereocenters. The van der Waals surface area contributed by atoms with Crippen LogP contribution in [0, 0.1) is 27.7 Å². The minimum atomic E-state index is 0.0135. The molecule has 0 aromatic heterocycles. The molecule has 0 saturated heterocycles. The monoisotopic (exact) mass is 300 g/mol. The van der Waals surface area contributed by atoms with Crippen LogP contribution in [0.15, 0.2) is 12.7 Å². The van der Waals surface area contributed by atoms with Gasteiger partial charge in [0.25, 0.3) is 0 Å². The molecule has 118 valence electrons. The number of hydrogen-bond donors (Lipinski definition) is 0. The Hall–Kier alpha value is -1.90. The van der Waals surface area contributed by atoms with E-state index in [1.807, 2.05) is 13.8 Å². The number of hydrogen-bond acceptors (Lipinski definition) is 3. The Morgan fingerprint density at radius 3 is 1.95 bits per heavy atom. The summed E-state index contributed by atoms with van der Waals surface area (Å²) in [6.07, 6.45) is 2.78. The number of ether oxygens (including phenoxy) is 1. The van der Waals surface area contributed by atoms with Crippen LogP contribution in [0.3, 0.4) is 0 Å². The highest BCUT2D eigenvalue weighted by atomic mass is 16.5. The lowest BCUT2D eigenvalue weighted by molar-refractivity contribution is -0.130. The lowest BCUT2D eigenvalue weighted by Gasteiger charge is -2.27. The van der Waals surface area contributed by atoms with Gasteiger partial charge in [-0.25, -0.2) is 0 Å². The van der Waals surface area contributed by atoms with Crippen molar-refractivity contribution < 1.29 is 14.3 Å². The Bertz CT molecular complexity index is 596. The largest absolute Gasteiger partial charge is 0.489 e. The molecule has 3 nitrogen and oxygen atoms in total. The summed E-state index contributed by atoms with van der Waals surface area (Å²) in [4.78, 5) is 23.6. The van der Waals surface area contributed by atoms with E-state index in [1.165, 1.54) is 0 Å². The quantitative estimate of drug-likeness (QED) is 0.626. The van der Waals surface area contributed by atoms with Crippen LogP contribution in [0.1, 0.15) is 53.0 Å². The molecule has 1 aliphatic carbocycles. The Balaban J connectivity index is 2.51. The molecule has 0 spiro atoms. The van der Waals surface area contributed by atoms with Crippen LogP contribution < -0.4 is 4.74 Å². The van der Waals surface area contributed by atoms with E-state index in [0.29, 0.717) is 19.4 Å². The van der Waals surface area contributed by atoms with Gasteiger partial charge in [0.05, 0.1) is 6.42 Å². The van der Waals surface area contributed by atoms with Crippen LogP contribution in [0.4, 0.5) is 0 Å². The molecule has 0 atom stereocenters. The second kappa shape index (κ2) is 6.47. The van der Waals surface area contributed by atoms with Gasteiger partial charge in [-0.2, -0.15) is 0 Å². The Labute approximate surface area is 132 Å². The topological polar surface area (TPSA) is 43.4 Å². The Kier molecular flexibility index (Phi) is 4.84. The highest BCUT2D eigenvalue weighted by Gasteiger charge is 2.30. The van der Waals surface area contributed by atoms with E-state index in [-0.39, 0.29) is 23.9 Å². The molecular weight excluding hydrogens is 276 g/mol. The van der Waals surface area contributed by atoms with Crippen molar-refractivity contribution in [1.82, 2.24) is 0 Å². The maximum absolute atomic E-state index is 11.8. The maximum Gasteiger partial charge on any atom is 0.140 e. The molecule has 0 heterocycles. The molecule has 0 N–H and O–H groups in total. The average molecular weight is 300 g/mol. The normalized spacial score (nSPS) is 16.0. The first kappa shape index (κ1) is 16.5. The van der Waals surface area contributed by atoms with Crippen molar-refractivity contribution in [2.24, 2.45) is 0 Å². The molecule has 0 bridgehead atoms. The van der Waals surface area contributed by atoms with Crippen LogP contribution in [-0.2, 0) is 9.59 Å². The predicted molar refractivity (Wildman–Crippen MR) is 87.7 cm³/mol. The van der Waals surface area contributed by atoms with Gasteiger partial charge < -0.3 is 4.74 Å². The van der Waals surface area contributed by atoms with Gasteiger partial charge in [0.1, 0.15) is 23.9 Å². The highest BCUT2D eigenvalue weighted by Crippen LogP contribution is 2.40. The van der Waals surface area contributed by atoms with Gasteiger partial charge in [-0.15, -0.1) is 0 Å². The van der Waals surface area contributed by atoms with Crippen molar-refractivity contribution in [2.45, 2.75) is 52.9 Å². The highest BCUT2D eigenvalue weighted by molar-refractivity contribution is 6.02. The van der Waals surface area contributed by atoms with Crippen molar-refractivity contribution in [3.8, 4) is 5.75 Å². The molecule has 0 aliphatic heterocycles. The number of ketones is 2. The van der Waals surface area contributed by atoms with E-state index < -0.39 is 0 Å². The van der Waals surface area contributed by atoms with E-state index in [1.54, 1.807) is 6.08 Å². The van der Waals surface area contributed by atoms with E-state index in [9.17, 15) is 9.59 Å². The number of rotatable bonds is 4. The molecule has 1 saturated carbocycles. The average Bonchev–Trinajstić information content (AvgIpc) is 2.44. The van der Waals surface area contributed by atoms with Crippen LogP contribution >= 0.6 is 0 Å². The fourth-order valence-corrected chi connectivity index (χ4v) is 3.47. The van der Waals surface area contributed by atoms with Crippen molar-refractivity contribution >= 4 is 11.6 Å². The molecule has 1 aliphatic rings. The number of Topliss-reactive ketones (excluding diaryl/α,β-unsaturated/α-hetero) is 2. The zero-order chi connectivity index (χ0) is 16.4. The number of carbonyl (C=O) groups is 2. The number of carbonyl (C=O) groups excluding carboxylic acids is 2. The molecule has 0 amide bonds. The van der Waals surface area contributed by atoms with Gasteiger partial charge >= 0.3 is 0 Å². The molecule has 1 aromatic rings. The smallest absolute Gasteiger partial charge is 0.140 e. The first-order valence-corrected chi connectivity index (χ1v) is 7.74. The SMILES string of the molecule is C=CCOc1c(C)c(C)c(C2CC(=O)CC(=O)C2)c(C)c1C. The maximum atomic E-state index is 11.8. The minimum Gasteiger partial charge on any atom is -0.489 e. The summed E-state index contributed by atoms with van der Waals surface area (Å²) in [7, 11) is 0. The molecule has 3 heteroatoms. The van der Waals surface area contributed by atoms with Crippen LogP contribution in [-0.4, -0.2) is 18.2 Å². The fraction of sp³-hybridized carbons (Fsp3) is 0.474. The van der Waals surface area contributed by atoms with Crippen molar-refractivity contribution in [3.63, 3.8) is 0 Å². The molecular formula is C19H24O3. The molecule has 22 heavy (non-hydrogen) atoms. The summed E-state index contributed by atoms with van der Waals surface area (Å²) in [5.74, 6) is 1.02. The van der Waals surface area contributed by atoms with Gasteiger partial charge in [0.15, 0.2) is 0 Å². The van der Waals surface area contributed by atoms with E-state index in [4.69, 9.17) is 4.74 Å². The van der Waals surface area contributed by atoms with Gasteiger partial charge in [-0.1, -0.05) is 12.7 Å². The molecule has 0 radical (unpaired) electrons. The van der Waals surface area contributed by atoms with Gasteiger partial charge in [0, 0.05) is 12.8 Å². The van der Waals surface area contributed by atoms with Crippen molar-refractivity contribution in [1.29, 1.82) is 0 Å². The lowest BCUT2D eigenvalue weighted by Crippen LogP contribution is -2.23. The Morgan fingerprint density at radius 2 is 1.50 bits per heavy atom. The zero-order valence-corrected chi connectivity index (χ0v) is 13.9. The van der Waals surface area contributed by atoms with Crippen molar-refractivity contribution in [3.05, 3.63) is 40.5 Å². The second-order valence-electron chi connectivity index (χ2n) is 6.20. The summed E-state index contributed by atoms with van der Waals surface area (Å²) in [6, 6.07) is 0. The zero-order valence-electron chi connectivity index (χ0n) is 13.9. The summed E-state index contributed by atoms with van der Waals surface area (Å²) in [6.45, 7) is 12.3. The first-order valence-electron chi connectivity index (χ1n) is 7.74. The van der Waals surface area contributed by atoms with E-state index >= 15 is 0 Å². The second-order valence-corrected chi connectivity index (χ2v) is 6.20. The first-order chi connectivity index (χ1) is 10.4. The van der Waals surface area contributed by atoms with Gasteiger partial charge in [0.2, 0.25) is 0 Å². The Morgan fingerprint density at radius 1 is 1.00 bits per heavy atom. The van der Waals surface area contributed by atoms with Crippen molar-refractivity contribution in [2.75, 3.05) is 6.61 Å². The van der Waals surface area contributed by atoms with Gasteiger partial charge in [-0.05, 0) is 61.4 Å².